The van der Waals surface area contributed by atoms with Crippen molar-refractivity contribution in [2.45, 2.75) is 13.1 Å². The third kappa shape index (κ3) is 3.97. The van der Waals surface area contributed by atoms with E-state index in [4.69, 9.17) is 9.47 Å². The van der Waals surface area contributed by atoms with Crippen LogP contribution in [0.15, 0.2) is 42.5 Å². The number of benzene rings is 2. The standard InChI is InChI=1S/C18H16FN5O3/c19-13-4-2-12(3-5-13)17-22-16(23-24-17)9-21-18(25)20-8-11-1-6-14-15(7-11)27-10-26-14/h1-7H,8-10H2,(H2,20,21,25)(H,22,23,24). The zero-order chi connectivity index (χ0) is 18.6. The zero-order valence-electron chi connectivity index (χ0n) is 14.2. The third-order valence-electron chi connectivity index (χ3n) is 3.94. The monoisotopic (exact) mass is 369 g/mol. The molecule has 0 saturated carbocycles. The van der Waals surface area contributed by atoms with Crippen molar-refractivity contribution in [3.05, 3.63) is 59.7 Å². The van der Waals surface area contributed by atoms with Crippen LogP contribution in [0.5, 0.6) is 11.5 Å². The molecular weight excluding hydrogens is 353 g/mol. The van der Waals surface area contributed by atoms with E-state index in [2.05, 4.69) is 25.8 Å². The number of halogens is 1. The Bertz CT molecular complexity index is 958. The molecule has 1 aliphatic heterocycles. The lowest BCUT2D eigenvalue weighted by Crippen LogP contribution is -2.34. The smallest absolute Gasteiger partial charge is 0.315 e. The van der Waals surface area contributed by atoms with Gasteiger partial charge in [-0.2, -0.15) is 5.10 Å². The maximum atomic E-state index is 13.0. The van der Waals surface area contributed by atoms with Crippen molar-refractivity contribution in [3.63, 3.8) is 0 Å². The lowest BCUT2D eigenvalue weighted by Gasteiger charge is -2.07. The Labute approximate surface area is 153 Å². The molecule has 1 aliphatic rings. The van der Waals surface area contributed by atoms with Crippen molar-refractivity contribution in [3.8, 4) is 22.9 Å². The summed E-state index contributed by atoms with van der Waals surface area (Å²) < 4.78 is 23.5. The summed E-state index contributed by atoms with van der Waals surface area (Å²) in [5, 5.41) is 12.3. The summed E-state index contributed by atoms with van der Waals surface area (Å²) in [4.78, 5) is 16.2. The topological polar surface area (TPSA) is 101 Å². The fourth-order valence-electron chi connectivity index (χ4n) is 2.56. The van der Waals surface area contributed by atoms with Crippen molar-refractivity contribution in [2.24, 2.45) is 0 Å². The number of hydrogen-bond acceptors (Lipinski definition) is 5. The molecule has 2 aromatic carbocycles. The van der Waals surface area contributed by atoms with Gasteiger partial charge < -0.3 is 20.1 Å². The highest BCUT2D eigenvalue weighted by atomic mass is 19.1. The molecule has 8 nitrogen and oxygen atoms in total. The number of H-pyrrole nitrogens is 1. The molecule has 0 radical (unpaired) electrons. The van der Waals surface area contributed by atoms with Gasteiger partial charge in [0.25, 0.3) is 0 Å². The van der Waals surface area contributed by atoms with Crippen LogP contribution in [0.4, 0.5) is 9.18 Å². The predicted octanol–water partition coefficient (Wildman–Crippen LogP) is 2.34. The number of aromatic amines is 1. The van der Waals surface area contributed by atoms with Gasteiger partial charge >= 0.3 is 6.03 Å². The van der Waals surface area contributed by atoms with Gasteiger partial charge in [0.1, 0.15) is 11.6 Å². The van der Waals surface area contributed by atoms with Crippen LogP contribution in [0, 0.1) is 5.82 Å². The second-order valence-electron chi connectivity index (χ2n) is 5.84. The fraction of sp³-hybridized carbons (Fsp3) is 0.167. The highest BCUT2D eigenvalue weighted by Crippen LogP contribution is 2.32. The molecule has 3 aromatic rings. The first-order chi connectivity index (χ1) is 13.2. The minimum Gasteiger partial charge on any atom is -0.454 e. The lowest BCUT2D eigenvalue weighted by atomic mass is 10.2. The van der Waals surface area contributed by atoms with Gasteiger partial charge in [0, 0.05) is 12.1 Å². The average Bonchev–Trinajstić information content (AvgIpc) is 3.34. The van der Waals surface area contributed by atoms with Gasteiger partial charge in [-0.25, -0.2) is 14.2 Å². The molecule has 0 fully saturated rings. The summed E-state index contributed by atoms with van der Waals surface area (Å²) in [6.07, 6.45) is 0. The molecule has 0 bridgehead atoms. The van der Waals surface area contributed by atoms with Crippen LogP contribution >= 0.6 is 0 Å². The molecule has 0 unspecified atom stereocenters. The van der Waals surface area contributed by atoms with Crippen LogP contribution in [-0.4, -0.2) is 28.0 Å². The second-order valence-corrected chi connectivity index (χ2v) is 5.84. The van der Waals surface area contributed by atoms with Gasteiger partial charge in [-0.1, -0.05) is 6.07 Å². The number of carbonyl (C=O) groups excluding carboxylic acids is 1. The van der Waals surface area contributed by atoms with Gasteiger partial charge in [0.2, 0.25) is 6.79 Å². The normalized spacial score (nSPS) is 12.0. The molecule has 138 valence electrons. The third-order valence-corrected chi connectivity index (χ3v) is 3.94. The van der Waals surface area contributed by atoms with Crippen LogP contribution in [0.25, 0.3) is 11.4 Å². The summed E-state index contributed by atoms with van der Waals surface area (Å²) in [5.41, 5.74) is 1.58. The van der Waals surface area contributed by atoms with E-state index in [1.54, 1.807) is 12.1 Å². The Morgan fingerprint density at radius 3 is 2.70 bits per heavy atom. The minimum atomic E-state index is -0.340. The van der Waals surface area contributed by atoms with E-state index < -0.39 is 0 Å². The molecule has 0 aliphatic carbocycles. The van der Waals surface area contributed by atoms with Crippen LogP contribution in [-0.2, 0) is 13.1 Å². The quantitative estimate of drug-likeness (QED) is 0.641. The Morgan fingerprint density at radius 2 is 1.85 bits per heavy atom. The number of nitrogens with one attached hydrogen (secondary N) is 3. The van der Waals surface area contributed by atoms with Gasteiger partial charge in [-0.15, -0.1) is 0 Å². The van der Waals surface area contributed by atoms with Crippen molar-refractivity contribution in [2.75, 3.05) is 6.79 Å². The van der Waals surface area contributed by atoms with Crippen LogP contribution in [0.3, 0.4) is 0 Å². The second kappa shape index (κ2) is 7.32. The van der Waals surface area contributed by atoms with E-state index in [1.165, 1.54) is 12.1 Å². The van der Waals surface area contributed by atoms with E-state index in [9.17, 15) is 9.18 Å². The van der Waals surface area contributed by atoms with E-state index in [0.717, 1.165) is 5.56 Å². The molecule has 0 saturated heterocycles. The Hall–Kier alpha value is -3.62. The number of aromatic nitrogens is 3. The number of carbonyl (C=O) groups is 1. The first kappa shape index (κ1) is 16.8. The SMILES string of the molecule is O=C(NCc1ccc2c(c1)OCO2)NCc1nc(-c2ccc(F)cc2)n[nH]1. The molecule has 0 atom stereocenters. The van der Waals surface area contributed by atoms with Crippen LogP contribution in [0.1, 0.15) is 11.4 Å². The number of ether oxygens (including phenoxy) is 2. The molecule has 2 heterocycles. The van der Waals surface area contributed by atoms with Gasteiger partial charge in [-0.3, -0.25) is 5.10 Å². The van der Waals surface area contributed by atoms with Crippen molar-refractivity contribution in [1.29, 1.82) is 0 Å². The Kier molecular flexibility index (Phi) is 4.56. The molecule has 3 N–H and O–H groups in total. The lowest BCUT2D eigenvalue weighted by molar-refractivity contribution is 0.174. The van der Waals surface area contributed by atoms with E-state index in [1.807, 2.05) is 18.2 Å². The van der Waals surface area contributed by atoms with Crippen LogP contribution in [0.2, 0.25) is 0 Å². The zero-order valence-corrected chi connectivity index (χ0v) is 14.2. The first-order valence-electron chi connectivity index (χ1n) is 8.25. The highest BCUT2D eigenvalue weighted by Gasteiger charge is 2.13. The van der Waals surface area contributed by atoms with E-state index in [0.29, 0.717) is 35.3 Å². The maximum absolute atomic E-state index is 13.0. The fourth-order valence-corrected chi connectivity index (χ4v) is 2.56. The molecular formula is C18H16FN5O3. The largest absolute Gasteiger partial charge is 0.454 e. The molecule has 27 heavy (non-hydrogen) atoms. The van der Waals surface area contributed by atoms with E-state index in [-0.39, 0.29) is 25.2 Å². The summed E-state index contributed by atoms with van der Waals surface area (Å²) in [6.45, 7) is 0.741. The first-order valence-corrected chi connectivity index (χ1v) is 8.25. The Balaban J connectivity index is 1.27. The number of nitrogens with zero attached hydrogens (tertiary/aromatic N) is 2. The Morgan fingerprint density at radius 1 is 1.07 bits per heavy atom. The molecule has 4 rings (SSSR count). The summed E-state index contributed by atoms with van der Waals surface area (Å²) in [7, 11) is 0. The number of hydrogen-bond donors (Lipinski definition) is 3. The molecule has 2 amide bonds. The van der Waals surface area contributed by atoms with Crippen LogP contribution < -0.4 is 20.1 Å². The van der Waals surface area contributed by atoms with Gasteiger partial charge in [0.05, 0.1) is 6.54 Å². The predicted molar refractivity (Wildman–Crippen MR) is 93.4 cm³/mol. The van der Waals surface area contributed by atoms with Crippen molar-refractivity contribution in [1.82, 2.24) is 25.8 Å². The molecule has 1 aromatic heterocycles. The van der Waals surface area contributed by atoms with Gasteiger partial charge in [0.15, 0.2) is 17.3 Å². The highest BCUT2D eigenvalue weighted by molar-refractivity contribution is 5.73. The summed E-state index contributed by atoms with van der Waals surface area (Å²) >= 11 is 0. The summed E-state index contributed by atoms with van der Waals surface area (Å²) in [6, 6.07) is 11.0. The number of amides is 2. The number of urea groups is 1. The van der Waals surface area contributed by atoms with E-state index >= 15 is 0 Å². The molecule has 0 spiro atoms. The maximum Gasteiger partial charge on any atom is 0.315 e. The van der Waals surface area contributed by atoms with Gasteiger partial charge in [-0.05, 0) is 42.0 Å². The number of fused-ring (bicyclic) bond motifs is 1. The average molecular weight is 369 g/mol. The summed E-state index contributed by atoms with van der Waals surface area (Å²) in [5.74, 6) is 1.98. The number of rotatable bonds is 5. The van der Waals surface area contributed by atoms with Crippen molar-refractivity contribution < 1.29 is 18.7 Å². The van der Waals surface area contributed by atoms with Crippen molar-refractivity contribution >= 4 is 6.03 Å². The molecule has 9 heteroatoms. The minimum absolute atomic E-state index is 0.182.